The molecule has 3 nitrogen and oxygen atoms in total. The van der Waals surface area contributed by atoms with Crippen LogP contribution in [0.2, 0.25) is 0 Å². The molecule has 0 saturated carbocycles. The average Bonchev–Trinajstić information content (AvgIpc) is 2.93. The van der Waals surface area contributed by atoms with Crippen molar-refractivity contribution in [2.24, 2.45) is 19.5 Å². The van der Waals surface area contributed by atoms with Gasteiger partial charge >= 0.3 is 0 Å². The number of aromatic nitrogens is 2. The molecule has 1 aromatic rings. The van der Waals surface area contributed by atoms with Crippen LogP contribution >= 0.6 is 0 Å². The quantitative estimate of drug-likeness (QED) is 0.559. The van der Waals surface area contributed by atoms with Crippen LogP contribution in [-0.4, -0.2) is 21.0 Å². The van der Waals surface area contributed by atoms with E-state index in [1.807, 2.05) is 0 Å². The van der Waals surface area contributed by atoms with Gasteiger partial charge in [-0.05, 0) is 25.7 Å². The zero-order valence-corrected chi connectivity index (χ0v) is 13.7. The summed E-state index contributed by atoms with van der Waals surface area (Å²) in [5, 5.41) is 0. The number of nitrogens with zero attached hydrogens (tertiary/aromatic N) is 3. The molecule has 0 spiro atoms. The molecule has 0 bridgehead atoms. The molecule has 0 aromatic carbocycles. The van der Waals surface area contributed by atoms with Crippen LogP contribution in [0.4, 0.5) is 0 Å². The van der Waals surface area contributed by atoms with Gasteiger partial charge in [-0.2, -0.15) is 0 Å². The first kappa shape index (κ1) is 13.2. The third-order valence-corrected chi connectivity index (χ3v) is 5.68. The van der Waals surface area contributed by atoms with Crippen molar-refractivity contribution < 1.29 is 4.57 Å². The normalized spacial score (nSPS) is 34.4. The van der Waals surface area contributed by atoms with E-state index in [2.05, 4.69) is 69.7 Å². The second kappa shape index (κ2) is 3.43. The van der Waals surface area contributed by atoms with Gasteiger partial charge in [-0.15, -0.1) is 0 Å². The van der Waals surface area contributed by atoms with Crippen molar-refractivity contribution in [3.8, 4) is 0 Å². The van der Waals surface area contributed by atoms with Gasteiger partial charge in [0.15, 0.2) is 0 Å². The molecule has 0 aliphatic carbocycles. The summed E-state index contributed by atoms with van der Waals surface area (Å²) in [4.78, 5) is 2.72. The Bertz CT molecular complexity index is 505. The van der Waals surface area contributed by atoms with Crippen LogP contribution in [0.5, 0.6) is 0 Å². The standard InChI is InChI=1S/C16H28N3/c1-10-11(2)18(8)14(17(10)7)12-13-15(3,4)9-16(5,6)19(12)13/h12-13H,9H2,1-8H3/q+1/t12-,13-,19?/m0/s1. The highest BCUT2D eigenvalue weighted by molar-refractivity contribution is 5.27. The lowest BCUT2D eigenvalue weighted by atomic mass is 9.79. The van der Waals surface area contributed by atoms with Crippen molar-refractivity contribution in [1.82, 2.24) is 9.47 Å². The highest BCUT2D eigenvalue weighted by Crippen LogP contribution is 2.64. The van der Waals surface area contributed by atoms with Gasteiger partial charge in [-0.25, -0.2) is 9.13 Å². The molecule has 3 heteroatoms. The Hall–Kier alpha value is -0.830. The molecular formula is C16H28N3+. The van der Waals surface area contributed by atoms with Crippen molar-refractivity contribution in [3.05, 3.63) is 17.2 Å². The molecule has 2 aliphatic heterocycles. The third-order valence-electron chi connectivity index (χ3n) is 5.68. The average molecular weight is 262 g/mol. The molecule has 1 unspecified atom stereocenters. The Morgan fingerprint density at radius 3 is 2.11 bits per heavy atom. The summed E-state index contributed by atoms with van der Waals surface area (Å²) in [5.41, 5.74) is 3.53. The minimum Gasteiger partial charge on any atom is -0.277 e. The monoisotopic (exact) mass is 262 g/mol. The molecule has 0 amide bonds. The van der Waals surface area contributed by atoms with Crippen molar-refractivity contribution >= 4 is 0 Å². The van der Waals surface area contributed by atoms with Gasteiger partial charge < -0.3 is 0 Å². The van der Waals surface area contributed by atoms with E-state index in [1.54, 1.807) is 0 Å². The van der Waals surface area contributed by atoms with Crippen molar-refractivity contribution in [2.75, 3.05) is 0 Å². The second-order valence-electron chi connectivity index (χ2n) is 7.92. The fraction of sp³-hybridized carbons (Fsp3) is 0.812. The smallest absolute Gasteiger partial charge is 0.275 e. The van der Waals surface area contributed by atoms with Gasteiger partial charge in [0.05, 0.1) is 14.1 Å². The molecule has 2 saturated heterocycles. The number of hydrogen-bond acceptors (Lipinski definition) is 1. The minimum absolute atomic E-state index is 0.331. The van der Waals surface area contributed by atoms with Crippen LogP contribution in [-0.2, 0) is 14.1 Å². The van der Waals surface area contributed by atoms with Crippen LogP contribution in [0, 0.1) is 19.3 Å². The Labute approximate surface area is 117 Å². The zero-order chi connectivity index (χ0) is 14.3. The van der Waals surface area contributed by atoms with E-state index in [0.29, 0.717) is 23.0 Å². The highest BCUT2D eigenvalue weighted by atomic mass is 15.5. The number of imidazole rings is 1. The molecular weight excluding hydrogens is 234 g/mol. The first-order valence-corrected chi connectivity index (χ1v) is 7.40. The van der Waals surface area contributed by atoms with Gasteiger partial charge in [0.25, 0.3) is 5.82 Å². The predicted octanol–water partition coefficient (Wildman–Crippen LogP) is 2.40. The first-order chi connectivity index (χ1) is 8.59. The largest absolute Gasteiger partial charge is 0.277 e. The lowest BCUT2D eigenvalue weighted by Crippen LogP contribution is -2.38. The molecule has 1 aromatic heterocycles. The fourth-order valence-corrected chi connectivity index (χ4v) is 4.82. The van der Waals surface area contributed by atoms with Crippen LogP contribution in [0.3, 0.4) is 0 Å². The highest BCUT2D eigenvalue weighted by Gasteiger charge is 2.71. The number of hydrogen-bond donors (Lipinski definition) is 0. The second-order valence-corrected chi connectivity index (χ2v) is 7.92. The summed E-state index contributed by atoms with van der Waals surface area (Å²) in [5.74, 6) is 1.47. The van der Waals surface area contributed by atoms with Crippen molar-refractivity contribution in [3.63, 3.8) is 0 Å². The molecule has 19 heavy (non-hydrogen) atoms. The first-order valence-electron chi connectivity index (χ1n) is 7.40. The molecule has 3 atom stereocenters. The van der Waals surface area contributed by atoms with E-state index in [-0.39, 0.29) is 0 Å². The van der Waals surface area contributed by atoms with Gasteiger partial charge in [-0.1, -0.05) is 13.8 Å². The SMILES string of the molecule is Cc1c(C)[n+](C)c([C@@H]2[C@@H]3N2C(C)(C)CC3(C)C)n1C. The van der Waals surface area contributed by atoms with E-state index in [1.165, 1.54) is 23.6 Å². The summed E-state index contributed by atoms with van der Waals surface area (Å²) >= 11 is 0. The van der Waals surface area contributed by atoms with Gasteiger partial charge in [0, 0.05) is 25.4 Å². The Morgan fingerprint density at radius 2 is 1.74 bits per heavy atom. The molecule has 3 heterocycles. The summed E-state index contributed by atoms with van der Waals surface area (Å²) in [6.07, 6.45) is 1.30. The van der Waals surface area contributed by atoms with E-state index in [9.17, 15) is 0 Å². The summed E-state index contributed by atoms with van der Waals surface area (Å²) in [7, 11) is 4.43. The summed E-state index contributed by atoms with van der Waals surface area (Å²) in [6, 6.07) is 1.31. The number of fused-ring (bicyclic) bond motifs is 1. The third kappa shape index (κ3) is 1.51. The minimum atomic E-state index is 0.331. The van der Waals surface area contributed by atoms with E-state index >= 15 is 0 Å². The Kier molecular flexibility index (Phi) is 2.38. The zero-order valence-electron chi connectivity index (χ0n) is 13.7. The molecule has 3 rings (SSSR count). The molecule has 0 N–H and O–H groups in total. The lowest BCUT2D eigenvalue weighted by Gasteiger charge is -2.28. The molecule has 2 aliphatic rings. The maximum absolute atomic E-state index is 2.72. The van der Waals surface area contributed by atoms with Crippen LogP contribution in [0.25, 0.3) is 0 Å². The number of piperidine rings is 1. The Balaban J connectivity index is 2.07. The van der Waals surface area contributed by atoms with Crippen LogP contribution < -0.4 is 4.57 Å². The van der Waals surface area contributed by atoms with Crippen LogP contribution in [0.1, 0.15) is 57.4 Å². The van der Waals surface area contributed by atoms with E-state index in [4.69, 9.17) is 0 Å². The summed E-state index contributed by atoms with van der Waals surface area (Å²) < 4.78 is 4.79. The fourth-order valence-electron chi connectivity index (χ4n) is 4.82. The van der Waals surface area contributed by atoms with Gasteiger partial charge in [0.2, 0.25) is 0 Å². The Morgan fingerprint density at radius 1 is 1.16 bits per heavy atom. The molecule has 0 radical (unpaired) electrons. The van der Waals surface area contributed by atoms with Gasteiger partial charge in [0.1, 0.15) is 17.4 Å². The van der Waals surface area contributed by atoms with E-state index in [0.717, 1.165) is 0 Å². The van der Waals surface area contributed by atoms with Crippen molar-refractivity contribution in [2.45, 2.75) is 65.6 Å². The van der Waals surface area contributed by atoms with Crippen LogP contribution in [0.15, 0.2) is 0 Å². The number of rotatable bonds is 1. The summed E-state index contributed by atoms with van der Waals surface area (Å²) in [6.45, 7) is 14.1. The van der Waals surface area contributed by atoms with Crippen molar-refractivity contribution in [1.29, 1.82) is 0 Å². The van der Waals surface area contributed by atoms with E-state index < -0.39 is 0 Å². The topological polar surface area (TPSA) is 11.8 Å². The molecule has 2 fully saturated rings. The maximum atomic E-state index is 2.72. The lowest BCUT2D eigenvalue weighted by molar-refractivity contribution is -0.685. The predicted molar refractivity (Wildman–Crippen MR) is 76.9 cm³/mol. The van der Waals surface area contributed by atoms with Gasteiger partial charge in [-0.3, -0.25) is 4.90 Å². The maximum Gasteiger partial charge on any atom is 0.275 e. The molecule has 106 valence electrons.